The predicted octanol–water partition coefficient (Wildman–Crippen LogP) is 0.277. The fraction of sp³-hybridized carbons (Fsp3) is 0.818. The molecule has 7 heteroatoms. The van der Waals surface area contributed by atoms with Gasteiger partial charge in [0, 0.05) is 27.8 Å². The second-order valence-corrected chi connectivity index (χ2v) is 4.06. The number of anilines is 1. The van der Waals surface area contributed by atoms with Crippen molar-refractivity contribution in [2.24, 2.45) is 0 Å². The standard InChI is InChI=1S/C11H22N4O3/c1-9(8-17-4)15(2)11-14-13-10(18-11)7-12-5-6-16-3/h9,12H,5-8H2,1-4H3. The van der Waals surface area contributed by atoms with Crippen molar-refractivity contribution < 1.29 is 13.9 Å². The molecule has 18 heavy (non-hydrogen) atoms. The van der Waals surface area contributed by atoms with Crippen molar-refractivity contribution in [3.63, 3.8) is 0 Å². The monoisotopic (exact) mass is 258 g/mol. The topological polar surface area (TPSA) is 72.7 Å². The Labute approximate surface area is 107 Å². The first-order valence-electron chi connectivity index (χ1n) is 5.92. The average Bonchev–Trinajstić information content (AvgIpc) is 2.83. The lowest BCUT2D eigenvalue weighted by molar-refractivity contribution is 0.181. The Kier molecular flexibility index (Phi) is 6.63. The van der Waals surface area contributed by atoms with Crippen LogP contribution in [0.2, 0.25) is 0 Å². The minimum atomic E-state index is 0.185. The highest BCUT2D eigenvalue weighted by atomic mass is 16.5. The van der Waals surface area contributed by atoms with E-state index in [9.17, 15) is 0 Å². The predicted molar refractivity (Wildman–Crippen MR) is 67.6 cm³/mol. The Hall–Kier alpha value is -1.18. The van der Waals surface area contributed by atoms with Crippen LogP contribution in [0.1, 0.15) is 12.8 Å². The number of hydrogen-bond donors (Lipinski definition) is 1. The molecule has 1 aromatic heterocycles. The van der Waals surface area contributed by atoms with Crippen LogP contribution in [0.25, 0.3) is 0 Å². The van der Waals surface area contributed by atoms with Crippen LogP contribution in [0, 0.1) is 0 Å². The molecule has 1 N–H and O–H groups in total. The molecule has 1 aromatic rings. The van der Waals surface area contributed by atoms with E-state index in [4.69, 9.17) is 13.9 Å². The Balaban J connectivity index is 2.41. The SMILES string of the molecule is COCCNCc1nnc(N(C)C(C)COC)o1. The fourth-order valence-corrected chi connectivity index (χ4v) is 1.37. The number of ether oxygens (including phenoxy) is 2. The van der Waals surface area contributed by atoms with Crippen molar-refractivity contribution in [3.05, 3.63) is 5.89 Å². The highest BCUT2D eigenvalue weighted by Gasteiger charge is 2.15. The maximum Gasteiger partial charge on any atom is 0.318 e. The quantitative estimate of drug-likeness (QED) is 0.638. The summed E-state index contributed by atoms with van der Waals surface area (Å²) in [6, 6.07) is 0.688. The minimum Gasteiger partial charge on any atom is -0.407 e. The molecule has 104 valence electrons. The highest BCUT2D eigenvalue weighted by Crippen LogP contribution is 2.13. The number of rotatable bonds is 9. The van der Waals surface area contributed by atoms with Gasteiger partial charge in [-0.25, -0.2) is 0 Å². The third-order valence-electron chi connectivity index (χ3n) is 2.59. The Bertz CT molecular complexity index is 332. The van der Waals surface area contributed by atoms with E-state index in [1.807, 2.05) is 18.9 Å². The van der Waals surface area contributed by atoms with Crippen molar-refractivity contribution in [1.82, 2.24) is 15.5 Å². The van der Waals surface area contributed by atoms with Crippen molar-refractivity contribution in [2.45, 2.75) is 19.5 Å². The maximum absolute atomic E-state index is 5.54. The fourth-order valence-electron chi connectivity index (χ4n) is 1.37. The molecule has 0 saturated carbocycles. The van der Waals surface area contributed by atoms with Gasteiger partial charge in [0.1, 0.15) is 0 Å². The highest BCUT2D eigenvalue weighted by molar-refractivity contribution is 5.23. The maximum atomic E-state index is 5.54. The van der Waals surface area contributed by atoms with Crippen molar-refractivity contribution in [2.75, 3.05) is 45.9 Å². The molecular formula is C11H22N4O3. The smallest absolute Gasteiger partial charge is 0.318 e. The first kappa shape index (κ1) is 14.9. The van der Waals surface area contributed by atoms with Crippen LogP contribution in [-0.4, -0.2) is 57.3 Å². The van der Waals surface area contributed by atoms with Gasteiger partial charge in [0.05, 0.1) is 25.8 Å². The molecule has 0 aromatic carbocycles. The number of nitrogens with one attached hydrogen (secondary N) is 1. The summed E-state index contributed by atoms with van der Waals surface area (Å²) in [6.45, 7) is 4.60. The van der Waals surface area contributed by atoms with E-state index in [1.54, 1.807) is 14.2 Å². The summed E-state index contributed by atoms with van der Waals surface area (Å²) in [6.07, 6.45) is 0. The number of methoxy groups -OCH3 is 2. The lowest BCUT2D eigenvalue weighted by Gasteiger charge is -2.21. The van der Waals surface area contributed by atoms with Crippen LogP contribution < -0.4 is 10.2 Å². The van der Waals surface area contributed by atoms with Crippen LogP contribution in [0.4, 0.5) is 6.01 Å². The summed E-state index contributed by atoms with van der Waals surface area (Å²) >= 11 is 0. The summed E-state index contributed by atoms with van der Waals surface area (Å²) in [5, 5.41) is 11.1. The van der Waals surface area contributed by atoms with Crippen LogP contribution >= 0.6 is 0 Å². The van der Waals surface area contributed by atoms with Gasteiger partial charge in [-0.2, -0.15) is 0 Å². The van der Waals surface area contributed by atoms with Gasteiger partial charge >= 0.3 is 6.01 Å². The third kappa shape index (κ3) is 4.59. The molecule has 1 rings (SSSR count). The molecule has 1 heterocycles. The normalized spacial score (nSPS) is 12.7. The summed E-state index contributed by atoms with van der Waals surface area (Å²) in [5.74, 6) is 0.567. The first-order chi connectivity index (χ1) is 8.69. The van der Waals surface area contributed by atoms with Gasteiger partial charge in [-0.1, -0.05) is 5.10 Å². The lowest BCUT2D eigenvalue weighted by Crippen LogP contribution is -2.32. The van der Waals surface area contributed by atoms with Gasteiger partial charge in [0.15, 0.2) is 0 Å². The summed E-state index contributed by atoms with van der Waals surface area (Å²) in [7, 11) is 5.24. The molecule has 0 fully saturated rings. The van der Waals surface area contributed by atoms with Crippen LogP contribution in [0.5, 0.6) is 0 Å². The Morgan fingerprint density at radius 1 is 1.33 bits per heavy atom. The molecular weight excluding hydrogens is 236 g/mol. The van der Waals surface area contributed by atoms with E-state index in [-0.39, 0.29) is 6.04 Å². The van der Waals surface area contributed by atoms with Crippen molar-refractivity contribution >= 4 is 6.01 Å². The van der Waals surface area contributed by atoms with Gasteiger partial charge in [-0.3, -0.25) is 0 Å². The molecule has 0 bridgehead atoms. The second kappa shape index (κ2) is 8.02. The summed E-state index contributed by atoms with van der Waals surface area (Å²) in [4.78, 5) is 1.90. The Morgan fingerprint density at radius 3 is 2.78 bits per heavy atom. The molecule has 0 aliphatic carbocycles. The molecule has 1 atom stereocenters. The van der Waals surface area contributed by atoms with Gasteiger partial charge in [-0.05, 0) is 6.92 Å². The van der Waals surface area contributed by atoms with Crippen LogP contribution in [-0.2, 0) is 16.0 Å². The number of aromatic nitrogens is 2. The average molecular weight is 258 g/mol. The lowest BCUT2D eigenvalue weighted by atomic mass is 10.3. The van der Waals surface area contributed by atoms with E-state index in [0.29, 0.717) is 31.7 Å². The largest absolute Gasteiger partial charge is 0.407 e. The number of hydrogen-bond acceptors (Lipinski definition) is 7. The van der Waals surface area contributed by atoms with Crippen LogP contribution in [0.3, 0.4) is 0 Å². The van der Waals surface area contributed by atoms with E-state index >= 15 is 0 Å². The zero-order valence-corrected chi connectivity index (χ0v) is 11.5. The molecule has 0 saturated heterocycles. The van der Waals surface area contributed by atoms with E-state index in [0.717, 1.165) is 6.54 Å². The second-order valence-electron chi connectivity index (χ2n) is 4.06. The van der Waals surface area contributed by atoms with Gasteiger partial charge in [0.25, 0.3) is 0 Å². The number of nitrogens with zero attached hydrogens (tertiary/aromatic N) is 3. The van der Waals surface area contributed by atoms with Crippen molar-refractivity contribution in [1.29, 1.82) is 0 Å². The minimum absolute atomic E-state index is 0.185. The number of likely N-dealkylation sites (N-methyl/N-ethyl adjacent to an activating group) is 1. The van der Waals surface area contributed by atoms with E-state index in [2.05, 4.69) is 15.5 Å². The molecule has 0 amide bonds. The van der Waals surface area contributed by atoms with E-state index < -0.39 is 0 Å². The first-order valence-corrected chi connectivity index (χ1v) is 5.92. The summed E-state index contributed by atoms with van der Waals surface area (Å²) < 4.78 is 15.6. The summed E-state index contributed by atoms with van der Waals surface area (Å²) in [5.41, 5.74) is 0. The molecule has 1 unspecified atom stereocenters. The Morgan fingerprint density at radius 2 is 2.11 bits per heavy atom. The van der Waals surface area contributed by atoms with Crippen molar-refractivity contribution in [3.8, 4) is 0 Å². The molecule has 0 aliphatic rings. The van der Waals surface area contributed by atoms with Gasteiger partial charge in [0.2, 0.25) is 5.89 Å². The van der Waals surface area contributed by atoms with Gasteiger partial charge in [-0.15, -0.1) is 5.10 Å². The zero-order chi connectivity index (χ0) is 13.4. The molecule has 0 radical (unpaired) electrons. The van der Waals surface area contributed by atoms with Crippen LogP contribution in [0.15, 0.2) is 4.42 Å². The third-order valence-corrected chi connectivity index (χ3v) is 2.59. The van der Waals surface area contributed by atoms with E-state index in [1.165, 1.54) is 0 Å². The van der Waals surface area contributed by atoms with Gasteiger partial charge < -0.3 is 24.1 Å². The zero-order valence-electron chi connectivity index (χ0n) is 11.5. The molecule has 0 spiro atoms. The molecule has 7 nitrogen and oxygen atoms in total. The molecule has 0 aliphatic heterocycles.